The van der Waals surface area contributed by atoms with Crippen LogP contribution in [0.5, 0.6) is 0 Å². The Morgan fingerprint density at radius 2 is 1.84 bits per heavy atom. The zero-order chi connectivity index (χ0) is 21.8. The molecule has 31 heavy (non-hydrogen) atoms. The van der Waals surface area contributed by atoms with Gasteiger partial charge in [-0.2, -0.15) is 18.3 Å². The average molecular weight is 427 g/mol. The molecule has 2 aliphatic carbocycles. The molecule has 3 aromatic rings. The molecule has 1 aromatic heterocycles. The van der Waals surface area contributed by atoms with E-state index < -0.39 is 11.7 Å². The summed E-state index contributed by atoms with van der Waals surface area (Å²) < 4.78 is 40.1. The van der Waals surface area contributed by atoms with Crippen LogP contribution >= 0.6 is 0 Å². The first-order valence-electron chi connectivity index (χ1n) is 10.6. The number of hydrogen-bond acceptors (Lipinski definition) is 2. The number of carbonyl (C=O) groups is 1. The fourth-order valence-electron chi connectivity index (χ4n) is 5.52. The van der Waals surface area contributed by atoms with Gasteiger partial charge in [0.1, 0.15) is 0 Å². The van der Waals surface area contributed by atoms with E-state index in [1.807, 2.05) is 12.1 Å². The van der Waals surface area contributed by atoms with Crippen LogP contribution in [0.2, 0.25) is 0 Å². The van der Waals surface area contributed by atoms with Gasteiger partial charge in [0.15, 0.2) is 0 Å². The molecule has 0 aliphatic heterocycles. The van der Waals surface area contributed by atoms with Crippen LogP contribution in [0.4, 0.5) is 13.2 Å². The number of fused-ring (bicyclic) bond motifs is 1. The fraction of sp³-hybridized carbons (Fsp3) is 0.417. The predicted molar refractivity (Wildman–Crippen MR) is 112 cm³/mol. The average Bonchev–Trinajstić information content (AvgIpc) is 3.08. The molecule has 4 nitrogen and oxygen atoms in total. The lowest BCUT2D eigenvalue weighted by Gasteiger charge is -2.57. The number of nitrogens with one attached hydrogen (secondary N) is 1. The molecule has 1 N–H and O–H groups in total. The maximum atomic E-state index is 13.0. The molecule has 0 saturated heterocycles. The minimum atomic E-state index is -4.36. The van der Waals surface area contributed by atoms with Crippen molar-refractivity contribution < 1.29 is 18.0 Å². The summed E-state index contributed by atoms with van der Waals surface area (Å²) in [7, 11) is 0. The molecule has 0 atom stereocenters. The quantitative estimate of drug-likeness (QED) is 0.605. The lowest BCUT2D eigenvalue weighted by atomic mass is 9.50. The highest BCUT2D eigenvalue weighted by Gasteiger charge is 2.51. The molecule has 1 heterocycles. The van der Waals surface area contributed by atoms with Crippen LogP contribution in [-0.2, 0) is 12.7 Å². The molecule has 2 fully saturated rings. The summed E-state index contributed by atoms with van der Waals surface area (Å²) in [6.07, 6.45) is 1.93. The fourth-order valence-corrected chi connectivity index (χ4v) is 5.52. The minimum Gasteiger partial charge on any atom is -0.349 e. The van der Waals surface area contributed by atoms with Crippen molar-refractivity contribution in [1.29, 1.82) is 0 Å². The first-order valence-corrected chi connectivity index (χ1v) is 10.6. The zero-order valence-electron chi connectivity index (χ0n) is 17.2. The van der Waals surface area contributed by atoms with Crippen molar-refractivity contribution in [3.63, 3.8) is 0 Å². The smallest absolute Gasteiger partial charge is 0.349 e. The highest BCUT2D eigenvalue weighted by molar-refractivity contribution is 6.05. The van der Waals surface area contributed by atoms with Crippen molar-refractivity contribution in [3.8, 4) is 0 Å². The van der Waals surface area contributed by atoms with Gasteiger partial charge in [-0.15, -0.1) is 0 Å². The topological polar surface area (TPSA) is 46.9 Å². The molecule has 5 rings (SSSR count). The molecule has 162 valence electrons. The van der Waals surface area contributed by atoms with E-state index in [-0.39, 0.29) is 18.5 Å². The first kappa shape index (κ1) is 20.1. The lowest BCUT2D eigenvalue weighted by molar-refractivity contribution is -0.137. The van der Waals surface area contributed by atoms with E-state index in [4.69, 9.17) is 0 Å². The highest BCUT2D eigenvalue weighted by Crippen LogP contribution is 2.58. The summed E-state index contributed by atoms with van der Waals surface area (Å²) in [6, 6.07) is 10.8. The standard InChI is InChI=1S/C24H24F3N3O/c1-15-9-23(10-15)11-19(12-23)29-22(31)20-4-2-3-17-13-28-30(21(17)20)14-16-5-7-18(8-6-16)24(25,26)27/h2-8,13,15,19H,9-12,14H2,1H3,(H,29,31). The number of nitrogens with zero attached hydrogens (tertiary/aromatic N) is 2. The molecule has 1 spiro atoms. The Bertz CT molecular complexity index is 1120. The van der Waals surface area contributed by atoms with Crippen LogP contribution in [0.15, 0.2) is 48.7 Å². The minimum absolute atomic E-state index is 0.119. The number of rotatable bonds is 4. The van der Waals surface area contributed by atoms with Gasteiger partial charge in [0, 0.05) is 11.4 Å². The second kappa shape index (κ2) is 7.11. The summed E-state index contributed by atoms with van der Waals surface area (Å²) in [5.74, 6) is 0.678. The van der Waals surface area contributed by atoms with Crippen molar-refractivity contribution in [3.05, 3.63) is 65.4 Å². The summed E-state index contributed by atoms with van der Waals surface area (Å²) in [5.41, 5.74) is 1.71. The maximum Gasteiger partial charge on any atom is 0.416 e. The largest absolute Gasteiger partial charge is 0.416 e. The van der Waals surface area contributed by atoms with Crippen LogP contribution in [0, 0.1) is 11.3 Å². The van der Waals surface area contributed by atoms with Crippen molar-refractivity contribution in [1.82, 2.24) is 15.1 Å². The van der Waals surface area contributed by atoms with Crippen LogP contribution in [0.25, 0.3) is 10.9 Å². The molecule has 7 heteroatoms. The Kier molecular flexibility index (Phi) is 4.61. The van der Waals surface area contributed by atoms with Gasteiger partial charge in [0.2, 0.25) is 0 Å². The molecule has 2 aliphatic rings. The van der Waals surface area contributed by atoms with E-state index in [0.29, 0.717) is 22.1 Å². The number of para-hydroxylation sites is 1. The normalized spacial score (nSPS) is 25.3. The van der Waals surface area contributed by atoms with E-state index in [9.17, 15) is 18.0 Å². The summed E-state index contributed by atoms with van der Waals surface area (Å²) in [5, 5.41) is 8.38. The van der Waals surface area contributed by atoms with Crippen LogP contribution in [-0.4, -0.2) is 21.7 Å². The summed E-state index contributed by atoms with van der Waals surface area (Å²) in [6.45, 7) is 2.56. The van der Waals surface area contributed by atoms with E-state index in [0.717, 1.165) is 36.3 Å². The molecule has 2 aromatic carbocycles. The number of alkyl halides is 3. The number of halogens is 3. The SMILES string of the molecule is CC1CC2(C1)CC(NC(=O)c1cccc3cnn(Cc4ccc(C(F)(F)F)cc4)c13)C2. The van der Waals surface area contributed by atoms with E-state index in [1.54, 1.807) is 16.9 Å². The number of carbonyl (C=O) groups excluding carboxylic acids is 1. The molecule has 0 radical (unpaired) electrons. The van der Waals surface area contributed by atoms with Crippen LogP contribution < -0.4 is 5.32 Å². The number of hydrogen-bond donors (Lipinski definition) is 1. The molecule has 0 bridgehead atoms. The van der Waals surface area contributed by atoms with E-state index in [1.165, 1.54) is 25.0 Å². The maximum absolute atomic E-state index is 13.0. The second-order valence-electron chi connectivity index (χ2n) is 9.33. The van der Waals surface area contributed by atoms with Gasteiger partial charge in [-0.05, 0) is 60.8 Å². The Labute approximate surface area is 178 Å². The molecular weight excluding hydrogens is 403 g/mol. The van der Waals surface area contributed by atoms with E-state index >= 15 is 0 Å². The third-order valence-electron chi connectivity index (χ3n) is 6.78. The number of amides is 1. The molecule has 1 amide bonds. The van der Waals surface area contributed by atoms with Crippen molar-refractivity contribution >= 4 is 16.8 Å². The predicted octanol–water partition coefficient (Wildman–Crippen LogP) is 5.41. The Balaban J connectivity index is 1.34. The summed E-state index contributed by atoms with van der Waals surface area (Å²) >= 11 is 0. The van der Waals surface area contributed by atoms with Crippen molar-refractivity contribution in [2.45, 2.75) is 51.4 Å². The van der Waals surface area contributed by atoms with Crippen LogP contribution in [0.3, 0.4) is 0 Å². The van der Waals surface area contributed by atoms with Gasteiger partial charge in [0.05, 0.1) is 29.4 Å². The van der Waals surface area contributed by atoms with Crippen molar-refractivity contribution in [2.75, 3.05) is 0 Å². The third-order valence-corrected chi connectivity index (χ3v) is 6.78. The van der Waals surface area contributed by atoms with E-state index in [2.05, 4.69) is 17.3 Å². The van der Waals surface area contributed by atoms with Gasteiger partial charge in [-0.1, -0.05) is 31.2 Å². The third kappa shape index (κ3) is 3.70. The number of aromatic nitrogens is 2. The summed E-state index contributed by atoms with van der Waals surface area (Å²) in [4.78, 5) is 13.0. The highest BCUT2D eigenvalue weighted by atomic mass is 19.4. The Morgan fingerprint density at radius 3 is 2.48 bits per heavy atom. The van der Waals surface area contributed by atoms with Gasteiger partial charge in [-0.25, -0.2) is 0 Å². The Hall–Kier alpha value is -2.83. The van der Waals surface area contributed by atoms with Crippen molar-refractivity contribution in [2.24, 2.45) is 11.3 Å². The number of benzene rings is 2. The van der Waals surface area contributed by atoms with Gasteiger partial charge >= 0.3 is 6.18 Å². The van der Waals surface area contributed by atoms with Crippen LogP contribution in [0.1, 0.15) is 54.1 Å². The Morgan fingerprint density at radius 1 is 1.13 bits per heavy atom. The molecule has 0 unspecified atom stereocenters. The second-order valence-corrected chi connectivity index (χ2v) is 9.33. The lowest BCUT2D eigenvalue weighted by Crippen LogP contribution is -2.55. The van der Waals surface area contributed by atoms with Gasteiger partial charge in [0.25, 0.3) is 5.91 Å². The molecular formula is C24H24F3N3O. The monoisotopic (exact) mass is 427 g/mol. The van der Waals surface area contributed by atoms with Gasteiger partial charge in [-0.3, -0.25) is 9.48 Å². The molecule has 2 saturated carbocycles. The first-order chi connectivity index (χ1) is 14.7. The zero-order valence-corrected chi connectivity index (χ0v) is 17.2. The van der Waals surface area contributed by atoms with Gasteiger partial charge < -0.3 is 5.32 Å².